The van der Waals surface area contributed by atoms with E-state index in [-0.39, 0.29) is 5.78 Å². The second-order valence-corrected chi connectivity index (χ2v) is 4.24. The van der Waals surface area contributed by atoms with Gasteiger partial charge in [0.2, 0.25) is 0 Å². The lowest BCUT2D eigenvalue weighted by atomic mass is 10.0. The van der Waals surface area contributed by atoms with Crippen molar-refractivity contribution in [2.75, 3.05) is 0 Å². The van der Waals surface area contributed by atoms with Gasteiger partial charge >= 0.3 is 0 Å². The molecular formula is C13H17NO3. The van der Waals surface area contributed by atoms with Gasteiger partial charge in [-0.25, -0.2) is 0 Å². The molecule has 0 aliphatic carbocycles. The van der Waals surface area contributed by atoms with Gasteiger partial charge in [0.25, 0.3) is 0 Å². The molecule has 0 spiro atoms. The number of Topliss-reactive ketones (excluding diaryl/α,β-unsaturated/α-hetero) is 1. The monoisotopic (exact) mass is 235 g/mol. The Labute approximate surface area is 100 Å². The summed E-state index contributed by atoms with van der Waals surface area (Å²) >= 11 is 0. The van der Waals surface area contributed by atoms with E-state index < -0.39 is 12.0 Å². The Bertz CT molecular complexity index is 398. The van der Waals surface area contributed by atoms with E-state index >= 15 is 0 Å². The zero-order valence-electron chi connectivity index (χ0n) is 9.94. The minimum absolute atomic E-state index is 0.170. The van der Waals surface area contributed by atoms with Crippen LogP contribution in [0.5, 0.6) is 0 Å². The number of aliphatic carboxylic acids is 1. The van der Waals surface area contributed by atoms with Gasteiger partial charge in [-0.2, -0.15) is 0 Å². The molecule has 0 unspecified atom stereocenters. The normalized spacial score (nSPS) is 12.1. The van der Waals surface area contributed by atoms with Gasteiger partial charge in [-0.05, 0) is 24.5 Å². The second kappa shape index (κ2) is 6.15. The van der Waals surface area contributed by atoms with Crippen molar-refractivity contribution in [1.82, 2.24) is 0 Å². The predicted molar refractivity (Wildman–Crippen MR) is 60.8 cm³/mol. The minimum atomic E-state index is -1.13. The summed E-state index contributed by atoms with van der Waals surface area (Å²) in [5.74, 6) is -0.963. The highest BCUT2D eigenvalue weighted by Crippen LogP contribution is 2.08. The van der Waals surface area contributed by atoms with Crippen LogP contribution in [-0.2, 0) is 22.4 Å². The average molecular weight is 235 g/mol. The smallest absolute Gasteiger partial charge is 0.130 e. The fourth-order valence-electron chi connectivity index (χ4n) is 1.53. The maximum atomic E-state index is 10.8. The van der Waals surface area contributed by atoms with E-state index in [0.717, 1.165) is 17.5 Å². The number of hydrogen-bond donors (Lipinski definition) is 1. The Balaban J connectivity index is 2.55. The maximum absolute atomic E-state index is 10.8. The van der Waals surface area contributed by atoms with Gasteiger partial charge in [-0.1, -0.05) is 24.3 Å². The minimum Gasteiger partial charge on any atom is -0.544 e. The first-order chi connectivity index (χ1) is 7.99. The Hall–Kier alpha value is -1.68. The lowest BCUT2D eigenvalue weighted by Crippen LogP contribution is -2.69. The summed E-state index contributed by atoms with van der Waals surface area (Å²) < 4.78 is 0. The molecule has 0 fully saturated rings. The van der Waals surface area contributed by atoms with E-state index in [9.17, 15) is 14.7 Å². The molecule has 0 radical (unpaired) electrons. The molecule has 17 heavy (non-hydrogen) atoms. The number of hydrogen-bond acceptors (Lipinski definition) is 3. The van der Waals surface area contributed by atoms with Gasteiger partial charge in [-0.15, -0.1) is 0 Å². The van der Waals surface area contributed by atoms with Crippen LogP contribution in [0.15, 0.2) is 24.3 Å². The lowest BCUT2D eigenvalue weighted by Gasteiger charge is -2.09. The third-order valence-electron chi connectivity index (χ3n) is 2.60. The first kappa shape index (κ1) is 13.4. The average Bonchev–Trinajstić information content (AvgIpc) is 2.28. The van der Waals surface area contributed by atoms with Crippen LogP contribution in [-0.4, -0.2) is 17.8 Å². The van der Waals surface area contributed by atoms with Crippen molar-refractivity contribution in [3.63, 3.8) is 0 Å². The zero-order valence-corrected chi connectivity index (χ0v) is 9.94. The fourth-order valence-corrected chi connectivity index (χ4v) is 1.53. The van der Waals surface area contributed by atoms with Crippen molar-refractivity contribution >= 4 is 11.8 Å². The standard InChI is InChI=1S/C13H17NO3/c1-9(15)2-3-10-4-6-11(7-5-10)8-12(14)13(16)17/h4-7,12H,2-3,8,14H2,1H3,(H,16,17)/t12-/m0/s1. The zero-order chi connectivity index (χ0) is 12.8. The highest BCUT2D eigenvalue weighted by molar-refractivity contribution is 5.75. The summed E-state index contributed by atoms with van der Waals surface area (Å²) in [5.41, 5.74) is 5.51. The van der Waals surface area contributed by atoms with Crippen LogP contribution in [0.1, 0.15) is 24.5 Å². The van der Waals surface area contributed by atoms with Crippen molar-refractivity contribution in [3.8, 4) is 0 Å². The van der Waals surface area contributed by atoms with Gasteiger partial charge in [-0.3, -0.25) is 0 Å². The van der Waals surface area contributed by atoms with E-state index in [2.05, 4.69) is 5.73 Å². The van der Waals surface area contributed by atoms with Crippen LogP contribution >= 0.6 is 0 Å². The van der Waals surface area contributed by atoms with E-state index in [1.165, 1.54) is 0 Å². The molecule has 92 valence electrons. The van der Waals surface area contributed by atoms with Crippen molar-refractivity contribution in [2.45, 2.75) is 32.2 Å². The van der Waals surface area contributed by atoms with Gasteiger partial charge in [0, 0.05) is 12.8 Å². The van der Waals surface area contributed by atoms with Crippen LogP contribution < -0.4 is 10.8 Å². The summed E-state index contributed by atoms with van der Waals surface area (Å²) in [4.78, 5) is 21.4. The largest absolute Gasteiger partial charge is 0.544 e. The Kier molecular flexibility index (Phi) is 4.84. The van der Waals surface area contributed by atoms with Crippen molar-refractivity contribution in [3.05, 3.63) is 35.4 Å². The summed E-state index contributed by atoms with van der Waals surface area (Å²) in [6.07, 6.45) is 1.63. The summed E-state index contributed by atoms with van der Waals surface area (Å²) in [7, 11) is 0. The summed E-state index contributed by atoms with van der Waals surface area (Å²) in [6.45, 7) is 1.57. The van der Waals surface area contributed by atoms with Gasteiger partial charge < -0.3 is 20.4 Å². The van der Waals surface area contributed by atoms with E-state index in [1.54, 1.807) is 6.92 Å². The fraction of sp³-hybridized carbons (Fsp3) is 0.385. The molecule has 1 rings (SSSR count). The number of carbonyl (C=O) groups excluding carboxylic acids is 2. The third-order valence-corrected chi connectivity index (χ3v) is 2.60. The molecular weight excluding hydrogens is 218 g/mol. The molecule has 0 saturated heterocycles. The second-order valence-electron chi connectivity index (χ2n) is 4.24. The number of rotatable bonds is 6. The predicted octanol–water partition coefficient (Wildman–Crippen LogP) is -0.889. The molecule has 4 nitrogen and oxygen atoms in total. The molecule has 0 bridgehead atoms. The van der Waals surface area contributed by atoms with Crippen LogP contribution in [0.2, 0.25) is 0 Å². The van der Waals surface area contributed by atoms with Crippen LogP contribution in [0.4, 0.5) is 0 Å². The Morgan fingerprint density at radius 2 is 1.76 bits per heavy atom. The molecule has 1 atom stereocenters. The third kappa shape index (κ3) is 4.78. The molecule has 3 N–H and O–H groups in total. The Morgan fingerprint density at radius 1 is 1.24 bits per heavy atom. The molecule has 0 aliphatic heterocycles. The molecule has 0 heterocycles. The van der Waals surface area contributed by atoms with Crippen LogP contribution in [0.25, 0.3) is 0 Å². The maximum Gasteiger partial charge on any atom is 0.130 e. The first-order valence-corrected chi connectivity index (χ1v) is 5.60. The number of carboxylic acids is 1. The lowest BCUT2D eigenvalue weighted by molar-refractivity contribution is -0.437. The number of ketones is 1. The van der Waals surface area contributed by atoms with E-state index in [4.69, 9.17) is 0 Å². The van der Waals surface area contributed by atoms with Gasteiger partial charge in [0.1, 0.15) is 11.8 Å². The number of quaternary nitrogens is 1. The van der Waals surface area contributed by atoms with Crippen molar-refractivity contribution in [2.24, 2.45) is 0 Å². The molecule has 0 aromatic heterocycles. The van der Waals surface area contributed by atoms with E-state index in [0.29, 0.717) is 12.8 Å². The van der Waals surface area contributed by atoms with Gasteiger partial charge in [0.05, 0.1) is 5.97 Å². The summed E-state index contributed by atoms with van der Waals surface area (Å²) in [5, 5.41) is 10.5. The molecule has 0 saturated carbocycles. The van der Waals surface area contributed by atoms with Crippen molar-refractivity contribution < 1.29 is 20.4 Å². The van der Waals surface area contributed by atoms with Crippen LogP contribution in [0.3, 0.4) is 0 Å². The molecule has 0 aliphatic rings. The molecule has 1 aromatic carbocycles. The number of carboxylic acid groups (broad SMARTS) is 1. The number of aryl methyl sites for hydroxylation is 1. The molecule has 0 amide bonds. The van der Waals surface area contributed by atoms with Gasteiger partial charge in [0.15, 0.2) is 0 Å². The van der Waals surface area contributed by atoms with E-state index in [1.807, 2.05) is 24.3 Å². The molecule has 4 heteroatoms. The SMILES string of the molecule is CC(=O)CCc1ccc(C[C@H]([NH3+])C(=O)[O-])cc1. The quantitative estimate of drug-likeness (QED) is 0.694. The number of carbonyl (C=O) groups is 2. The first-order valence-electron chi connectivity index (χ1n) is 5.60. The highest BCUT2D eigenvalue weighted by Gasteiger charge is 2.08. The highest BCUT2D eigenvalue weighted by atomic mass is 16.4. The number of benzene rings is 1. The molecule has 1 aromatic rings. The topological polar surface area (TPSA) is 84.8 Å². The van der Waals surface area contributed by atoms with Crippen molar-refractivity contribution in [1.29, 1.82) is 0 Å². The Morgan fingerprint density at radius 3 is 2.24 bits per heavy atom. The van der Waals surface area contributed by atoms with Crippen LogP contribution in [0, 0.1) is 0 Å². The summed E-state index contributed by atoms with van der Waals surface area (Å²) in [6, 6.07) is 6.85.